The van der Waals surface area contributed by atoms with E-state index in [0.29, 0.717) is 0 Å². The monoisotopic (exact) mass is 239 g/mol. The number of nitriles is 3. The Balaban J connectivity index is 3.98. The van der Waals surface area contributed by atoms with E-state index in [4.69, 9.17) is 27.3 Å². The molecule has 0 atom stereocenters. The molecule has 2 amide bonds. The molecule has 0 fully saturated rings. The van der Waals surface area contributed by atoms with Crippen molar-refractivity contribution in [2.75, 3.05) is 0 Å². The number of rotatable bonds is 2. The van der Waals surface area contributed by atoms with Crippen molar-refractivity contribution in [2.24, 2.45) is 11.5 Å². The summed E-state index contributed by atoms with van der Waals surface area (Å²) < 4.78 is 0. The van der Waals surface area contributed by atoms with Crippen LogP contribution >= 0.6 is 0 Å². The molecule has 0 aliphatic rings. The standard InChI is InChI=1S/C11H5N5O2/c12-2-5-1-6(10(15)17)9(11(16)18)8(4-14)7(5)3-13/h1H,(H2,15,17)(H2,16,18). The number of carbonyl (C=O) groups excluding carboxylic acids is 2. The van der Waals surface area contributed by atoms with Crippen molar-refractivity contribution in [3.8, 4) is 18.2 Å². The van der Waals surface area contributed by atoms with Gasteiger partial charge < -0.3 is 11.5 Å². The molecule has 1 aromatic carbocycles. The van der Waals surface area contributed by atoms with Crippen LogP contribution in [0.4, 0.5) is 0 Å². The SMILES string of the molecule is N#Cc1cc(C(N)=O)c(C(N)=O)c(C#N)c1C#N. The summed E-state index contributed by atoms with van der Waals surface area (Å²) in [6, 6.07) is 5.83. The van der Waals surface area contributed by atoms with Gasteiger partial charge in [0, 0.05) is 0 Å². The third-order valence-electron chi connectivity index (χ3n) is 2.18. The predicted octanol–water partition coefficient (Wildman–Crippen LogP) is -0.501. The summed E-state index contributed by atoms with van der Waals surface area (Å²) >= 11 is 0. The van der Waals surface area contributed by atoms with Crippen LogP contribution in [-0.2, 0) is 0 Å². The van der Waals surface area contributed by atoms with Crippen molar-refractivity contribution in [3.63, 3.8) is 0 Å². The minimum Gasteiger partial charge on any atom is -0.366 e. The summed E-state index contributed by atoms with van der Waals surface area (Å²) in [5.74, 6) is -2.08. The fourth-order valence-electron chi connectivity index (χ4n) is 1.45. The molecule has 0 saturated heterocycles. The predicted molar refractivity (Wildman–Crippen MR) is 57.6 cm³/mol. The van der Waals surface area contributed by atoms with Crippen molar-refractivity contribution in [1.82, 2.24) is 0 Å². The van der Waals surface area contributed by atoms with Gasteiger partial charge in [0.05, 0.1) is 27.8 Å². The van der Waals surface area contributed by atoms with E-state index in [0.717, 1.165) is 6.07 Å². The van der Waals surface area contributed by atoms with Crippen molar-refractivity contribution in [1.29, 1.82) is 15.8 Å². The Morgan fingerprint density at radius 3 is 1.83 bits per heavy atom. The second kappa shape index (κ2) is 4.65. The van der Waals surface area contributed by atoms with Gasteiger partial charge in [0.2, 0.25) is 5.91 Å². The molecule has 4 N–H and O–H groups in total. The quantitative estimate of drug-likeness (QED) is 0.710. The van der Waals surface area contributed by atoms with Crippen LogP contribution in [0.15, 0.2) is 6.07 Å². The first-order valence-corrected chi connectivity index (χ1v) is 4.48. The molecule has 1 rings (SSSR count). The van der Waals surface area contributed by atoms with Crippen LogP contribution in [0.3, 0.4) is 0 Å². The first kappa shape index (κ1) is 12.7. The van der Waals surface area contributed by atoms with Crippen LogP contribution in [0, 0.1) is 34.0 Å². The number of hydrogen-bond acceptors (Lipinski definition) is 5. The maximum Gasteiger partial charge on any atom is 0.250 e. The van der Waals surface area contributed by atoms with Crippen LogP contribution in [0.5, 0.6) is 0 Å². The zero-order valence-corrected chi connectivity index (χ0v) is 8.89. The topological polar surface area (TPSA) is 158 Å². The summed E-state index contributed by atoms with van der Waals surface area (Å²) in [6.45, 7) is 0. The summed E-state index contributed by atoms with van der Waals surface area (Å²) in [4.78, 5) is 22.4. The summed E-state index contributed by atoms with van der Waals surface area (Å²) in [7, 11) is 0. The number of amides is 2. The molecule has 86 valence electrons. The molecule has 0 aliphatic carbocycles. The van der Waals surface area contributed by atoms with Gasteiger partial charge in [-0.15, -0.1) is 0 Å². The summed E-state index contributed by atoms with van der Waals surface area (Å²) in [6.07, 6.45) is 0. The second-order valence-electron chi connectivity index (χ2n) is 3.16. The van der Waals surface area contributed by atoms with Gasteiger partial charge in [0.1, 0.15) is 18.2 Å². The Labute approximate surface area is 101 Å². The highest BCUT2D eigenvalue weighted by Crippen LogP contribution is 2.22. The van der Waals surface area contributed by atoms with Crippen molar-refractivity contribution >= 4 is 11.8 Å². The molecule has 18 heavy (non-hydrogen) atoms. The molecule has 0 heterocycles. The molecule has 0 bridgehead atoms. The molecular formula is C11H5N5O2. The van der Waals surface area contributed by atoms with Crippen LogP contribution in [0.25, 0.3) is 0 Å². The lowest BCUT2D eigenvalue weighted by molar-refractivity contribution is 0.0967. The van der Waals surface area contributed by atoms with E-state index in [2.05, 4.69) is 0 Å². The van der Waals surface area contributed by atoms with Gasteiger partial charge >= 0.3 is 0 Å². The van der Waals surface area contributed by atoms with Gasteiger partial charge in [-0.05, 0) is 6.07 Å². The van der Waals surface area contributed by atoms with Crippen LogP contribution in [0.1, 0.15) is 37.4 Å². The first-order chi connectivity index (χ1) is 8.47. The minimum atomic E-state index is -1.07. The molecule has 1 aromatic rings. The molecule has 0 unspecified atom stereocenters. The van der Waals surface area contributed by atoms with E-state index in [1.54, 1.807) is 18.2 Å². The highest BCUT2D eigenvalue weighted by Gasteiger charge is 2.23. The number of hydrogen-bond donors (Lipinski definition) is 2. The van der Waals surface area contributed by atoms with E-state index in [1.165, 1.54) is 0 Å². The lowest BCUT2D eigenvalue weighted by atomic mass is 9.92. The zero-order valence-electron chi connectivity index (χ0n) is 8.89. The van der Waals surface area contributed by atoms with Gasteiger partial charge in [-0.3, -0.25) is 9.59 Å². The Kier molecular flexibility index (Phi) is 3.28. The van der Waals surface area contributed by atoms with E-state index >= 15 is 0 Å². The molecule has 0 saturated carbocycles. The zero-order chi connectivity index (χ0) is 13.9. The minimum absolute atomic E-state index is 0.215. The average molecular weight is 239 g/mol. The van der Waals surface area contributed by atoms with Crippen LogP contribution < -0.4 is 11.5 Å². The lowest BCUT2D eigenvalue weighted by Crippen LogP contribution is -2.23. The summed E-state index contributed by atoms with van der Waals surface area (Å²) in [5.41, 5.74) is 8.36. The van der Waals surface area contributed by atoms with E-state index in [1.807, 2.05) is 0 Å². The number of benzene rings is 1. The highest BCUT2D eigenvalue weighted by molar-refractivity contribution is 6.08. The smallest absolute Gasteiger partial charge is 0.250 e. The largest absolute Gasteiger partial charge is 0.366 e. The highest BCUT2D eigenvalue weighted by atomic mass is 16.2. The summed E-state index contributed by atoms with van der Waals surface area (Å²) in [5, 5.41) is 26.6. The van der Waals surface area contributed by atoms with Gasteiger partial charge in [-0.25, -0.2) is 0 Å². The van der Waals surface area contributed by atoms with Crippen molar-refractivity contribution in [2.45, 2.75) is 0 Å². The fraction of sp³-hybridized carbons (Fsp3) is 0. The normalized spacial score (nSPS) is 8.72. The molecule has 0 aliphatic heterocycles. The number of nitrogens with two attached hydrogens (primary N) is 2. The van der Waals surface area contributed by atoms with Gasteiger partial charge in [0.15, 0.2) is 0 Å². The maximum absolute atomic E-state index is 11.2. The third kappa shape index (κ3) is 1.82. The van der Waals surface area contributed by atoms with Gasteiger partial charge in [0.25, 0.3) is 5.91 Å². The van der Waals surface area contributed by atoms with Crippen molar-refractivity contribution in [3.05, 3.63) is 33.9 Å². The molecule has 0 aromatic heterocycles. The molecular weight excluding hydrogens is 234 g/mol. The van der Waals surface area contributed by atoms with E-state index in [9.17, 15) is 9.59 Å². The second-order valence-corrected chi connectivity index (χ2v) is 3.16. The number of carbonyl (C=O) groups is 2. The van der Waals surface area contributed by atoms with Gasteiger partial charge in [-0.2, -0.15) is 15.8 Å². The first-order valence-electron chi connectivity index (χ1n) is 4.48. The van der Waals surface area contributed by atoms with Gasteiger partial charge in [-0.1, -0.05) is 0 Å². The number of primary amides is 2. The van der Waals surface area contributed by atoms with E-state index in [-0.39, 0.29) is 16.7 Å². The maximum atomic E-state index is 11.2. The Bertz CT molecular complexity index is 685. The average Bonchev–Trinajstić information content (AvgIpc) is 2.35. The molecule has 7 nitrogen and oxygen atoms in total. The van der Waals surface area contributed by atoms with Crippen LogP contribution in [-0.4, -0.2) is 11.8 Å². The van der Waals surface area contributed by atoms with E-state index < -0.39 is 22.9 Å². The lowest BCUT2D eigenvalue weighted by Gasteiger charge is -2.08. The molecule has 7 heteroatoms. The van der Waals surface area contributed by atoms with Crippen molar-refractivity contribution < 1.29 is 9.59 Å². The number of nitrogens with zero attached hydrogens (tertiary/aromatic N) is 3. The Morgan fingerprint density at radius 2 is 1.50 bits per heavy atom. The molecule has 0 radical (unpaired) electrons. The Morgan fingerprint density at radius 1 is 0.944 bits per heavy atom. The third-order valence-corrected chi connectivity index (χ3v) is 2.18. The van der Waals surface area contributed by atoms with Crippen LogP contribution in [0.2, 0.25) is 0 Å². The molecule has 0 spiro atoms. The Hall–Kier alpha value is -3.37. The fourth-order valence-corrected chi connectivity index (χ4v) is 1.45.